The number of aliphatic carboxylic acids is 3. The molecule has 0 radical (unpaired) electrons. The highest BCUT2D eigenvalue weighted by Crippen LogP contribution is 2.05. The predicted octanol–water partition coefficient (Wildman–Crippen LogP) is -4.18. The number of H-pyrrole nitrogens is 1. The van der Waals surface area contributed by atoms with Gasteiger partial charge in [0.05, 0.1) is 25.2 Å². The van der Waals surface area contributed by atoms with Gasteiger partial charge in [0.15, 0.2) is 5.96 Å². The fourth-order valence-corrected chi connectivity index (χ4v) is 3.07. The molecule has 13 N–H and O–H groups in total. The minimum atomic E-state index is -1.73. The molecule has 4 unspecified atom stereocenters. The van der Waals surface area contributed by atoms with Crippen molar-refractivity contribution in [3.05, 3.63) is 18.2 Å². The first-order valence-corrected chi connectivity index (χ1v) is 11.2. The number of rotatable bonds is 17. The number of carboxylic acids is 3. The molecule has 210 valence electrons. The van der Waals surface area contributed by atoms with E-state index in [1.165, 1.54) is 12.5 Å². The van der Waals surface area contributed by atoms with Crippen molar-refractivity contribution in [2.75, 3.05) is 6.54 Å². The normalized spacial score (nSPS) is 13.7. The van der Waals surface area contributed by atoms with Gasteiger partial charge in [-0.3, -0.25) is 29.0 Å². The van der Waals surface area contributed by atoms with Crippen molar-refractivity contribution in [2.45, 2.75) is 56.3 Å². The lowest BCUT2D eigenvalue weighted by Crippen LogP contribution is -2.58. The maximum atomic E-state index is 13.0. The number of nitrogens with one attached hydrogen (secondary N) is 4. The van der Waals surface area contributed by atoms with E-state index in [-0.39, 0.29) is 31.8 Å². The quantitative estimate of drug-likeness (QED) is 0.0509. The van der Waals surface area contributed by atoms with Crippen LogP contribution in [-0.2, 0) is 35.2 Å². The van der Waals surface area contributed by atoms with Crippen LogP contribution in [0.4, 0.5) is 0 Å². The Labute approximate surface area is 215 Å². The molecule has 0 aromatic carbocycles. The zero-order chi connectivity index (χ0) is 28.8. The summed E-state index contributed by atoms with van der Waals surface area (Å²) in [5.74, 6) is -7.57. The van der Waals surface area contributed by atoms with Gasteiger partial charge in [0.1, 0.15) is 18.1 Å². The number of aliphatic imine (C=N–C) groups is 1. The van der Waals surface area contributed by atoms with Crippen LogP contribution in [-0.4, -0.2) is 97.6 Å². The number of amides is 3. The average molecular weight is 542 g/mol. The molecule has 0 aliphatic rings. The fraction of sp³-hybridized carbons (Fsp3) is 0.500. The molecule has 0 aliphatic heterocycles. The number of nitrogens with two attached hydrogens (primary N) is 3. The summed E-state index contributed by atoms with van der Waals surface area (Å²) in [6.45, 7) is 0.108. The van der Waals surface area contributed by atoms with Crippen molar-refractivity contribution in [1.82, 2.24) is 25.9 Å². The minimum absolute atomic E-state index is 0.0538. The van der Waals surface area contributed by atoms with E-state index >= 15 is 0 Å². The van der Waals surface area contributed by atoms with Crippen LogP contribution in [0.25, 0.3) is 0 Å². The van der Waals surface area contributed by atoms with Gasteiger partial charge in [0.2, 0.25) is 17.7 Å². The summed E-state index contributed by atoms with van der Waals surface area (Å²) in [5, 5.41) is 34.1. The summed E-state index contributed by atoms with van der Waals surface area (Å²) in [4.78, 5) is 82.0. The molecule has 3 amide bonds. The summed E-state index contributed by atoms with van der Waals surface area (Å²) in [6.07, 6.45) is 0.892. The molecule has 0 fully saturated rings. The first-order chi connectivity index (χ1) is 17.8. The van der Waals surface area contributed by atoms with E-state index in [2.05, 4.69) is 30.9 Å². The number of aromatic amines is 1. The third-order valence-electron chi connectivity index (χ3n) is 4.91. The molecule has 38 heavy (non-hydrogen) atoms. The molecular formula is C20H31N9O9. The van der Waals surface area contributed by atoms with Gasteiger partial charge >= 0.3 is 17.9 Å². The van der Waals surface area contributed by atoms with E-state index in [4.69, 9.17) is 27.4 Å². The molecule has 1 aromatic rings. The van der Waals surface area contributed by atoms with Gasteiger partial charge < -0.3 is 53.5 Å². The predicted molar refractivity (Wildman–Crippen MR) is 128 cm³/mol. The third kappa shape index (κ3) is 11.8. The maximum absolute atomic E-state index is 13.0. The number of hydrogen-bond donors (Lipinski definition) is 10. The molecule has 18 nitrogen and oxygen atoms in total. The molecule has 1 heterocycles. The molecule has 0 saturated carbocycles. The smallest absolute Gasteiger partial charge is 0.326 e. The standard InChI is InChI=1S/C20H31N9O9/c21-10(5-14(30)31)16(34)28-13(6-15(32)33)18(36)29-12(4-9-7-24-8-26-9)17(35)27-11(19(37)38)2-1-3-25-20(22)23/h7-8,10-13H,1-6,21H2,(H,24,26)(H,27,35)(H,28,34)(H,29,36)(H,30,31)(H,32,33)(H,37,38)(H4,22,23,25). The van der Waals surface area contributed by atoms with Crippen LogP contribution in [0.5, 0.6) is 0 Å². The Morgan fingerprint density at radius 3 is 2.00 bits per heavy atom. The highest BCUT2D eigenvalue weighted by atomic mass is 16.4. The van der Waals surface area contributed by atoms with Crippen LogP contribution in [0.2, 0.25) is 0 Å². The summed E-state index contributed by atoms with van der Waals surface area (Å²) in [6, 6.07) is -6.10. The molecule has 4 atom stereocenters. The Balaban J connectivity index is 3.05. The number of hydrogen-bond acceptors (Lipinski definition) is 9. The SMILES string of the molecule is NC(N)=NCCCC(NC(=O)C(Cc1cnc[nH]1)NC(=O)C(CC(=O)O)NC(=O)C(N)CC(=O)O)C(=O)O. The molecule has 18 heteroatoms. The summed E-state index contributed by atoms with van der Waals surface area (Å²) >= 11 is 0. The Morgan fingerprint density at radius 2 is 1.47 bits per heavy atom. The lowest BCUT2D eigenvalue weighted by atomic mass is 10.1. The van der Waals surface area contributed by atoms with Crippen molar-refractivity contribution in [2.24, 2.45) is 22.2 Å². The fourth-order valence-electron chi connectivity index (χ4n) is 3.07. The second-order valence-corrected chi connectivity index (χ2v) is 8.05. The van der Waals surface area contributed by atoms with Crippen LogP contribution in [0.3, 0.4) is 0 Å². The number of carbonyl (C=O) groups excluding carboxylic acids is 3. The number of nitrogens with zero attached hydrogens (tertiary/aromatic N) is 2. The second kappa shape index (κ2) is 15.4. The highest BCUT2D eigenvalue weighted by molar-refractivity contribution is 5.96. The van der Waals surface area contributed by atoms with E-state index in [0.29, 0.717) is 5.69 Å². The lowest BCUT2D eigenvalue weighted by molar-refractivity contribution is -0.143. The van der Waals surface area contributed by atoms with Gasteiger partial charge in [-0.05, 0) is 12.8 Å². The zero-order valence-electron chi connectivity index (χ0n) is 20.1. The number of guanidine groups is 1. The van der Waals surface area contributed by atoms with Crippen LogP contribution in [0.1, 0.15) is 31.4 Å². The number of carboxylic acid groups (broad SMARTS) is 3. The van der Waals surface area contributed by atoms with Crippen molar-refractivity contribution in [1.29, 1.82) is 0 Å². The van der Waals surface area contributed by atoms with Gasteiger partial charge in [0.25, 0.3) is 0 Å². The van der Waals surface area contributed by atoms with Crippen LogP contribution in [0, 0.1) is 0 Å². The maximum Gasteiger partial charge on any atom is 0.326 e. The molecule has 0 aliphatic carbocycles. The van der Waals surface area contributed by atoms with E-state index in [9.17, 15) is 33.9 Å². The second-order valence-electron chi connectivity index (χ2n) is 8.05. The topological polar surface area (TPSA) is 318 Å². The summed E-state index contributed by atoms with van der Waals surface area (Å²) in [5.41, 5.74) is 16.3. The Kier molecular flexibility index (Phi) is 12.7. The van der Waals surface area contributed by atoms with Crippen LogP contribution >= 0.6 is 0 Å². The van der Waals surface area contributed by atoms with E-state index < -0.39 is 72.6 Å². The van der Waals surface area contributed by atoms with Crippen molar-refractivity contribution in [3.8, 4) is 0 Å². The molecule has 0 bridgehead atoms. The van der Waals surface area contributed by atoms with E-state index in [1.54, 1.807) is 0 Å². The number of imidazole rings is 1. The molecule has 0 saturated heterocycles. The summed E-state index contributed by atoms with van der Waals surface area (Å²) in [7, 11) is 0. The average Bonchev–Trinajstić information content (AvgIpc) is 3.32. The van der Waals surface area contributed by atoms with Gasteiger partial charge in [-0.25, -0.2) is 9.78 Å². The van der Waals surface area contributed by atoms with Gasteiger partial charge in [0, 0.05) is 24.9 Å². The molecular weight excluding hydrogens is 510 g/mol. The van der Waals surface area contributed by atoms with Gasteiger partial charge in [-0.2, -0.15) is 0 Å². The lowest BCUT2D eigenvalue weighted by Gasteiger charge is -2.24. The van der Waals surface area contributed by atoms with Crippen LogP contribution < -0.4 is 33.2 Å². The Bertz CT molecular complexity index is 1030. The van der Waals surface area contributed by atoms with Crippen molar-refractivity contribution < 1.29 is 44.1 Å². The number of aromatic nitrogens is 2. The van der Waals surface area contributed by atoms with Crippen LogP contribution in [0.15, 0.2) is 17.5 Å². The van der Waals surface area contributed by atoms with Crippen molar-refractivity contribution >= 4 is 41.6 Å². The Morgan fingerprint density at radius 1 is 0.895 bits per heavy atom. The Hall–Kier alpha value is -4.74. The number of carbonyl (C=O) groups is 6. The van der Waals surface area contributed by atoms with Gasteiger partial charge in [-0.15, -0.1) is 0 Å². The minimum Gasteiger partial charge on any atom is -0.481 e. The molecule has 1 aromatic heterocycles. The first kappa shape index (κ1) is 31.3. The van der Waals surface area contributed by atoms with E-state index in [0.717, 1.165) is 0 Å². The zero-order valence-corrected chi connectivity index (χ0v) is 20.1. The highest BCUT2D eigenvalue weighted by Gasteiger charge is 2.32. The van der Waals surface area contributed by atoms with Crippen molar-refractivity contribution in [3.63, 3.8) is 0 Å². The van der Waals surface area contributed by atoms with Gasteiger partial charge in [-0.1, -0.05) is 0 Å². The monoisotopic (exact) mass is 541 g/mol. The summed E-state index contributed by atoms with van der Waals surface area (Å²) < 4.78 is 0. The third-order valence-corrected chi connectivity index (χ3v) is 4.91. The first-order valence-electron chi connectivity index (χ1n) is 11.2. The largest absolute Gasteiger partial charge is 0.481 e. The molecule has 0 spiro atoms. The molecule has 1 rings (SSSR count). The van der Waals surface area contributed by atoms with E-state index in [1.807, 2.05) is 0 Å².